The highest BCUT2D eigenvalue weighted by atomic mass is 32.2. The average molecular weight is 493 g/mol. The summed E-state index contributed by atoms with van der Waals surface area (Å²) >= 11 is 1.64. The number of methoxy groups -OCH3 is 1. The predicted molar refractivity (Wildman–Crippen MR) is 136 cm³/mol. The number of rotatable bonds is 5. The van der Waals surface area contributed by atoms with E-state index in [0.29, 0.717) is 60.9 Å². The topological polar surface area (TPSA) is 77.1 Å². The number of amides is 2. The molecule has 8 heteroatoms. The molecule has 3 aromatic rings. The van der Waals surface area contributed by atoms with E-state index < -0.39 is 5.72 Å². The van der Waals surface area contributed by atoms with Crippen molar-refractivity contribution in [2.75, 3.05) is 33.1 Å². The van der Waals surface area contributed by atoms with Gasteiger partial charge in [-0.3, -0.25) is 9.59 Å². The van der Waals surface area contributed by atoms with Gasteiger partial charge in [0.05, 0.1) is 19.3 Å². The number of carbonyl (C=O) groups is 2. The van der Waals surface area contributed by atoms with E-state index in [1.165, 1.54) is 0 Å². The first-order chi connectivity index (χ1) is 17.0. The molecule has 2 aliphatic rings. The Morgan fingerprint density at radius 2 is 1.94 bits per heavy atom. The van der Waals surface area contributed by atoms with Gasteiger partial charge in [0.15, 0.2) is 5.72 Å². The number of piperidine rings is 1. The van der Waals surface area contributed by atoms with E-state index in [0.717, 1.165) is 15.7 Å². The largest absolute Gasteiger partial charge is 0.496 e. The monoisotopic (exact) mass is 492 g/mol. The average Bonchev–Trinajstić information content (AvgIpc) is 2.88. The summed E-state index contributed by atoms with van der Waals surface area (Å²) in [6.45, 7) is 3.36. The van der Waals surface area contributed by atoms with Crippen LogP contribution in [-0.2, 0) is 0 Å². The van der Waals surface area contributed by atoms with Crippen molar-refractivity contribution in [3.05, 3.63) is 59.7 Å². The van der Waals surface area contributed by atoms with Crippen LogP contribution in [0.1, 0.15) is 40.5 Å². The van der Waals surface area contributed by atoms with Gasteiger partial charge in [0.2, 0.25) is 0 Å². The summed E-state index contributed by atoms with van der Waals surface area (Å²) in [4.78, 5) is 29.2. The Kier molecular flexibility index (Phi) is 6.23. The van der Waals surface area contributed by atoms with E-state index in [4.69, 9.17) is 14.2 Å². The summed E-state index contributed by atoms with van der Waals surface area (Å²) in [5.41, 5.74) is 0.239. The van der Waals surface area contributed by atoms with Gasteiger partial charge >= 0.3 is 0 Å². The van der Waals surface area contributed by atoms with Crippen molar-refractivity contribution in [3.63, 3.8) is 0 Å². The lowest BCUT2D eigenvalue weighted by Gasteiger charge is -2.44. The van der Waals surface area contributed by atoms with Crippen molar-refractivity contribution in [2.24, 2.45) is 0 Å². The molecule has 1 fully saturated rings. The molecule has 2 aliphatic heterocycles. The summed E-state index contributed by atoms with van der Waals surface area (Å²) < 4.78 is 17.4. The van der Waals surface area contributed by atoms with Crippen molar-refractivity contribution in [3.8, 4) is 17.2 Å². The molecule has 0 unspecified atom stereocenters. The maximum atomic E-state index is 13.5. The van der Waals surface area contributed by atoms with Gasteiger partial charge in [-0.1, -0.05) is 12.1 Å². The van der Waals surface area contributed by atoms with Gasteiger partial charge in [-0.15, -0.1) is 11.8 Å². The summed E-state index contributed by atoms with van der Waals surface area (Å²) in [6.07, 6.45) is 3.02. The molecule has 3 aromatic carbocycles. The molecule has 0 radical (unpaired) electrons. The number of hydrogen-bond donors (Lipinski definition) is 1. The smallest absolute Gasteiger partial charge is 0.258 e. The molecule has 2 heterocycles. The van der Waals surface area contributed by atoms with Gasteiger partial charge < -0.3 is 24.4 Å². The van der Waals surface area contributed by atoms with Crippen molar-refractivity contribution < 1.29 is 23.8 Å². The van der Waals surface area contributed by atoms with Crippen LogP contribution in [0.25, 0.3) is 10.8 Å². The number of nitrogens with one attached hydrogen (secondary N) is 1. The van der Waals surface area contributed by atoms with Crippen LogP contribution in [0.15, 0.2) is 53.4 Å². The molecule has 35 heavy (non-hydrogen) atoms. The molecule has 1 N–H and O–H groups in total. The molecular weight excluding hydrogens is 464 g/mol. The molecular formula is C27H28N2O5S. The third-order valence-corrected chi connectivity index (χ3v) is 7.41. The van der Waals surface area contributed by atoms with Gasteiger partial charge in [-0.25, -0.2) is 0 Å². The summed E-state index contributed by atoms with van der Waals surface area (Å²) in [7, 11) is 1.62. The Morgan fingerprint density at radius 1 is 1.14 bits per heavy atom. The number of likely N-dealkylation sites (tertiary alicyclic amines) is 1. The lowest BCUT2D eigenvalue weighted by atomic mass is 9.96. The van der Waals surface area contributed by atoms with E-state index in [1.54, 1.807) is 31.0 Å². The lowest BCUT2D eigenvalue weighted by Crippen LogP contribution is -2.61. The minimum atomic E-state index is -0.818. The van der Waals surface area contributed by atoms with Gasteiger partial charge in [-0.2, -0.15) is 0 Å². The second-order valence-electron chi connectivity index (χ2n) is 8.67. The number of ether oxygens (including phenoxy) is 3. The zero-order valence-electron chi connectivity index (χ0n) is 20.1. The second-order valence-corrected chi connectivity index (χ2v) is 9.52. The molecule has 2 amide bonds. The molecule has 0 bridgehead atoms. The quantitative estimate of drug-likeness (QED) is 0.519. The fourth-order valence-electron chi connectivity index (χ4n) is 4.82. The maximum absolute atomic E-state index is 13.5. The predicted octanol–water partition coefficient (Wildman–Crippen LogP) is 4.72. The van der Waals surface area contributed by atoms with Gasteiger partial charge in [0, 0.05) is 41.8 Å². The van der Waals surface area contributed by atoms with Crippen LogP contribution in [0.2, 0.25) is 0 Å². The maximum Gasteiger partial charge on any atom is 0.258 e. The Labute approximate surface area is 208 Å². The number of thioether (sulfide) groups is 1. The van der Waals surface area contributed by atoms with Crippen LogP contribution < -0.4 is 19.5 Å². The van der Waals surface area contributed by atoms with Crippen molar-refractivity contribution >= 4 is 34.3 Å². The standard InChI is InChI=1S/C27H28N2O5S/c1-4-33-18-8-9-22-21(16-18)25(30)28-27(34-22)10-12-29(13-11-27)26(31)17-14-20-19(23(15-17)32-2)6-5-7-24(20)35-3/h5-9,14-16H,4,10-13H2,1-3H3,(H,28,30). The molecule has 0 saturated carbocycles. The van der Waals surface area contributed by atoms with Crippen LogP contribution in [0.3, 0.4) is 0 Å². The van der Waals surface area contributed by atoms with Crippen LogP contribution >= 0.6 is 11.8 Å². The number of carbonyl (C=O) groups excluding carboxylic acids is 2. The van der Waals surface area contributed by atoms with E-state index >= 15 is 0 Å². The van der Waals surface area contributed by atoms with Crippen LogP contribution in [-0.4, -0.2) is 55.5 Å². The van der Waals surface area contributed by atoms with E-state index in [-0.39, 0.29) is 11.8 Å². The Morgan fingerprint density at radius 3 is 2.66 bits per heavy atom. The Bertz CT molecular complexity index is 1300. The first-order valence-electron chi connectivity index (χ1n) is 11.7. The number of hydrogen-bond acceptors (Lipinski definition) is 6. The highest BCUT2D eigenvalue weighted by Crippen LogP contribution is 2.37. The molecule has 5 rings (SSSR count). The van der Waals surface area contributed by atoms with Gasteiger partial charge in [-0.05, 0) is 55.0 Å². The fraction of sp³-hybridized carbons (Fsp3) is 0.333. The number of benzene rings is 3. The highest BCUT2D eigenvalue weighted by molar-refractivity contribution is 7.98. The minimum Gasteiger partial charge on any atom is -0.496 e. The zero-order chi connectivity index (χ0) is 24.6. The number of nitrogens with zero attached hydrogens (tertiary/aromatic N) is 1. The normalized spacial score (nSPS) is 16.4. The van der Waals surface area contributed by atoms with Gasteiger partial charge in [0.1, 0.15) is 17.2 Å². The third-order valence-electron chi connectivity index (χ3n) is 6.62. The summed E-state index contributed by atoms with van der Waals surface area (Å²) in [5.74, 6) is 1.62. The SMILES string of the molecule is CCOc1ccc2c(c1)C(=O)NC1(CCN(C(=O)c3cc(OC)c4cccc(SC)c4c3)CC1)O2. The summed E-state index contributed by atoms with van der Waals surface area (Å²) in [5, 5.41) is 5.02. The molecule has 1 spiro atoms. The third kappa shape index (κ3) is 4.27. The molecule has 0 aliphatic carbocycles. The van der Waals surface area contributed by atoms with Crippen molar-refractivity contribution in [1.29, 1.82) is 0 Å². The molecule has 7 nitrogen and oxygen atoms in total. The van der Waals surface area contributed by atoms with Crippen molar-refractivity contribution in [1.82, 2.24) is 10.2 Å². The highest BCUT2D eigenvalue weighted by Gasteiger charge is 2.43. The molecule has 0 aromatic heterocycles. The first-order valence-corrected chi connectivity index (χ1v) is 12.9. The second kappa shape index (κ2) is 9.34. The lowest BCUT2D eigenvalue weighted by molar-refractivity contribution is -0.0246. The Hall–Kier alpha value is -3.39. The van der Waals surface area contributed by atoms with Crippen LogP contribution in [0.5, 0.6) is 17.2 Å². The zero-order valence-corrected chi connectivity index (χ0v) is 20.9. The minimum absolute atomic E-state index is 0.0557. The van der Waals surface area contributed by atoms with Crippen molar-refractivity contribution in [2.45, 2.75) is 30.4 Å². The molecule has 1 saturated heterocycles. The fourth-order valence-corrected chi connectivity index (χ4v) is 5.42. The van der Waals surface area contributed by atoms with Crippen LogP contribution in [0.4, 0.5) is 0 Å². The van der Waals surface area contributed by atoms with Crippen LogP contribution in [0, 0.1) is 0 Å². The van der Waals surface area contributed by atoms with E-state index in [9.17, 15) is 9.59 Å². The van der Waals surface area contributed by atoms with E-state index in [2.05, 4.69) is 5.32 Å². The molecule has 0 atom stereocenters. The van der Waals surface area contributed by atoms with E-state index in [1.807, 2.05) is 54.5 Å². The Balaban J connectivity index is 1.35. The van der Waals surface area contributed by atoms with Gasteiger partial charge in [0.25, 0.3) is 11.8 Å². The number of fused-ring (bicyclic) bond motifs is 2. The summed E-state index contributed by atoms with van der Waals surface area (Å²) in [6, 6.07) is 15.1. The first kappa shape index (κ1) is 23.4. The molecule has 182 valence electrons.